The Balaban J connectivity index is 2.13. The second kappa shape index (κ2) is 5.69. The quantitative estimate of drug-likeness (QED) is 0.891. The van der Waals surface area contributed by atoms with Crippen molar-refractivity contribution in [1.29, 1.82) is 0 Å². The average Bonchev–Trinajstić information content (AvgIpc) is 2.37. The van der Waals surface area contributed by atoms with Crippen molar-refractivity contribution in [1.82, 2.24) is 15.3 Å². The Labute approximate surface area is 117 Å². The second-order valence-electron chi connectivity index (χ2n) is 4.85. The van der Waals surface area contributed by atoms with E-state index in [-0.39, 0.29) is 17.0 Å². The lowest BCUT2D eigenvalue weighted by molar-refractivity contribution is 0.0948. The van der Waals surface area contributed by atoms with Gasteiger partial charge in [0.05, 0.1) is 12.2 Å². The summed E-state index contributed by atoms with van der Waals surface area (Å²) in [6.45, 7) is 5.78. The van der Waals surface area contributed by atoms with Gasteiger partial charge < -0.3 is 10.3 Å². The van der Waals surface area contributed by atoms with E-state index in [1.54, 1.807) is 26.1 Å². The molecule has 0 saturated carbocycles. The molecule has 0 bridgehead atoms. The topological polar surface area (TPSA) is 74.8 Å². The highest BCUT2D eigenvalue weighted by Crippen LogP contribution is 2.04. The summed E-state index contributed by atoms with van der Waals surface area (Å²) >= 11 is 0. The molecule has 0 aromatic carbocycles. The third-order valence-electron chi connectivity index (χ3n) is 2.99. The molecule has 104 valence electrons. The van der Waals surface area contributed by atoms with Gasteiger partial charge in [-0.3, -0.25) is 14.6 Å². The zero-order valence-corrected chi connectivity index (χ0v) is 11.8. The number of aromatic amines is 1. The lowest BCUT2D eigenvalue weighted by Gasteiger charge is -2.07. The number of nitrogens with zero attached hydrogens (tertiary/aromatic N) is 1. The molecule has 0 unspecified atom stereocenters. The van der Waals surface area contributed by atoms with E-state index in [1.165, 1.54) is 0 Å². The highest BCUT2D eigenvalue weighted by Gasteiger charge is 2.14. The van der Waals surface area contributed by atoms with E-state index in [2.05, 4.69) is 15.3 Å². The van der Waals surface area contributed by atoms with Crippen LogP contribution in [0.15, 0.2) is 29.2 Å². The van der Waals surface area contributed by atoms with Gasteiger partial charge in [0.15, 0.2) is 0 Å². The fraction of sp³-hybridized carbons (Fsp3) is 0.267. The van der Waals surface area contributed by atoms with E-state index in [1.807, 2.05) is 19.1 Å². The lowest BCUT2D eigenvalue weighted by atomic mass is 10.1. The summed E-state index contributed by atoms with van der Waals surface area (Å²) in [4.78, 5) is 30.7. The first kappa shape index (κ1) is 14.0. The average molecular weight is 271 g/mol. The van der Waals surface area contributed by atoms with Crippen LogP contribution in [0.25, 0.3) is 0 Å². The Hall–Kier alpha value is -2.43. The van der Waals surface area contributed by atoms with Crippen LogP contribution in [0, 0.1) is 20.8 Å². The summed E-state index contributed by atoms with van der Waals surface area (Å²) in [7, 11) is 0. The van der Waals surface area contributed by atoms with Crippen LogP contribution in [-0.4, -0.2) is 15.9 Å². The Bertz CT molecular complexity index is 687. The van der Waals surface area contributed by atoms with Crippen LogP contribution in [0.2, 0.25) is 0 Å². The highest BCUT2D eigenvalue weighted by molar-refractivity contribution is 5.95. The summed E-state index contributed by atoms with van der Waals surface area (Å²) < 4.78 is 0. The summed E-state index contributed by atoms with van der Waals surface area (Å²) in [6.07, 6.45) is 1.74. The molecule has 2 rings (SSSR count). The predicted octanol–water partition coefficient (Wildman–Crippen LogP) is 1.63. The molecule has 0 radical (unpaired) electrons. The number of carbonyl (C=O) groups is 1. The number of carbonyl (C=O) groups excluding carboxylic acids is 1. The zero-order chi connectivity index (χ0) is 14.7. The van der Waals surface area contributed by atoms with E-state index in [4.69, 9.17) is 0 Å². The minimum Gasteiger partial charge on any atom is -0.346 e. The van der Waals surface area contributed by atoms with E-state index in [0.29, 0.717) is 12.1 Å². The molecule has 5 nitrogen and oxygen atoms in total. The molecular formula is C15H17N3O2. The monoisotopic (exact) mass is 271 g/mol. The molecule has 0 fully saturated rings. The molecule has 2 aromatic rings. The van der Waals surface area contributed by atoms with Gasteiger partial charge in [-0.2, -0.15) is 0 Å². The van der Waals surface area contributed by atoms with Crippen molar-refractivity contribution in [3.8, 4) is 0 Å². The first-order valence-corrected chi connectivity index (χ1v) is 6.37. The smallest absolute Gasteiger partial charge is 0.261 e. The third kappa shape index (κ3) is 3.12. The minimum absolute atomic E-state index is 0.155. The molecule has 20 heavy (non-hydrogen) atoms. The van der Waals surface area contributed by atoms with Crippen LogP contribution in [0.4, 0.5) is 0 Å². The molecule has 0 spiro atoms. The molecule has 0 atom stereocenters. The molecular weight excluding hydrogens is 254 g/mol. The number of aromatic nitrogens is 2. The fourth-order valence-corrected chi connectivity index (χ4v) is 2.00. The molecule has 0 aliphatic rings. The van der Waals surface area contributed by atoms with E-state index in [0.717, 1.165) is 17.0 Å². The zero-order valence-electron chi connectivity index (χ0n) is 11.8. The van der Waals surface area contributed by atoms with Crippen LogP contribution in [0.1, 0.15) is 32.9 Å². The van der Waals surface area contributed by atoms with Gasteiger partial charge >= 0.3 is 0 Å². The molecule has 0 aliphatic carbocycles. The van der Waals surface area contributed by atoms with Crippen molar-refractivity contribution in [2.45, 2.75) is 27.3 Å². The summed E-state index contributed by atoms with van der Waals surface area (Å²) in [6, 6.07) is 5.56. The number of H-pyrrole nitrogens is 1. The molecule has 0 aliphatic heterocycles. The van der Waals surface area contributed by atoms with Crippen molar-refractivity contribution in [3.05, 3.63) is 62.8 Å². The molecule has 1 amide bonds. The number of rotatable bonds is 3. The van der Waals surface area contributed by atoms with Crippen molar-refractivity contribution < 1.29 is 4.79 Å². The van der Waals surface area contributed by atoms with Gasteiger partial charge in [0.2, 0.25) is 0 Å². The second-order valence-corrected chi connectivity index (χ2v) is 4.85. The molecule has 2 N–H and O–H groups in total. The van der Waals surface area contributed by atoms with E-state index in [9.17, 15) is 9.59 Å². The number of aryl methyl sites for hydroxylation is 3. The van der Waals surface area contributed by atoms with Crippen molar-refractivity contribution in [2.24, 2.45) is 0 Å². The lowest BCUT2D eigenvalue weighted by Crippen LogP contribution is -2.30. The first-order valence-electron chi connectivity index (χ1n) is 6.37. The SMILES string of the molecule is Cc1ccc(CNC(=O)c2c(C)cc(C)[nH]c2=O)nc1. The molecule has 5 heteroatoms. The van der Waals surface area contributed by atoms with Gasteiger partial charge in [-0.25, -0.2) is 0 Å². The standard InChI is InChI=1S/C15H17N3O2/c1-9-4-5-12(16-7-9)8-17-14(19)13-10(2)6-11(3)18-15(13)20/h4-7H,8H2,1-3H3,(H,17,19)(H,18,20). The van der Waals surface area contributed by atoms with Crippen LogP contribution >= 0.6 is 0 Å². The third-order valence-corrected chi connectivity index (χ3v) is 2.99. The van der Waals surface area contributed by atoms with Gasteiger partial charge in [0.25, 0.3) is 11.5 Å². The van der Waals surface area contributed by atoms with Crippen LogP contribution in [0.5, 0.6) is 0 Å². The summed E-state index contributed by atoms with van der Waals surface area (Å²) in [5.74, 6) is -0.383. The number of amides is 1. The maximum Gasteiger partial charge on any atom is 0.261 e. The Morgan fingerprint density at radius 1 is 1.30 bits per heavy atom. The van der Waals surface area contributed by atoms with E-state index >= 15 is 0 Å². The van der Waals surface area contributed by atoms with Crippen LogP contribution in [-0.2, 0) is 6.54 Å². The number of nitrogens with one attached hydrogen (secondary N) is 2. The Morgan fingerprint density at radius 3 is 2.65 bits per heavy atom. The van der Waals surface area contributed by atoms with Gasteiger partial charge in [-0.1, -0.05) is 6.07 Å². The minimum atomic E-state index is -0.383. The Morgan fingerprint density at radius 2 is 2.05 bits per heavy atom. The van der Waals surface area contributed by atoms with Crippen LogP contribution in [0.3, 0.4) is 0 Å². The van der Waals surface area contributed by atoms with Gasteiger partial charge in [-0.05, 0) is 44.0 Å². The highest BCUT2D eigenvalue weighted by atomic mass is 16.2. The number of hydrogen-bond donors (Lipinski definition) is 2. The predicted molar refractivity (Wildman–Crippen MR) is 76.7 cm³/mol. The number of pyridine rings is 2. The number of hydrogen-bond acceptors (Lipinski definition) is 3. The maximum absolute atomic E-state index is 12.1. The van der Waals surface area contributed by atoms with Gasteiger partial charge in [0, 0.05) is 11.9 Å². The van der Waals surface area contributed by atoms with Gasteiger partial charge in [0.1, 0.15) is 5.56 Å². The maximum atomic E-state index is 12.1. The van der Waals surface area contributed by atoms with Crippen molar-refractivity contribution >= 4 is 5.91 Å². The molecule has 2 aromatic heterocycles. The fourth-order valence-electron chi connectivity index (χ4n) is 2.00. The van der Waals surface area contributed by atoms with Crippen molar-refractivity contribution in [2.75, 3.05) is 0 Å². The summed E-state index contributed by atoms with van der Waals surface area (Å²) in [5, 5.41) is 2.71. The molecule has 2 heterocycles. The Kier molecular flexibility index (Phi) is 3.98. The summed E-state index contributed by atoms with van der Waals surface area (Å²) in [5.41, 5.74) is 3.01. The normalized spacial score (nSPS) is 10.3. The van der Waals surface area contributed by atoms with E-state index < -0.39 is 0 Å². The largest absolute Gasteiger partial charge is 0.346 e. The first-order chi connectivity index (χ1) is 9.47. The van der Waals surface area contributed by atoms with Gasteiger partial charge in [-0.15, -0.1) is 0 Å². The van der Waals surface area contributed by atoms with Crippen LogP contribution < -0.4 is 10.9 Å². The molecule has 0 saturated heterocycles. The van der Waals surface area contributed by atoms with Crippen molar-refractivity contribution in [3.63, 3.8) is 0 Å².